The van der Waals surface area contributed by atoms with E-state index in [1.807, 2.05) is 0 Å². The van der Waals surface area contributed by atoms with Crippen molar-refractivity contribution in [3.05, 3.63) is 17.8 Å². The summed E-state index contributed by atoms with van der Waals surface area (Å²) in [5.41, 5.74) is 0. The van der Waals surface area contributed by atoms with Crippen molar-refractivity contribution in [3.63, 3.8) is 0 Å². The third-order valence-corrected chi connectivity index (χ3v) is 2.31. The SMILES string of the molecule is O=C(O)c1ncc(CN2CCCC2)o1. The number of carbonyl (C=O) groups is 1. The quantitative estimate of drug-likeness (QED) is 0.780. The van der Waals surface area contributed by atoms with Gasteiger partial charge in [-0.3, -0.25) is 4.90 Å². The number of likely N-dealkylation sites (tertiary alicyclic amines) is 1. The van der Waals surface area contributed by atoms with Crippen molar-refractivity contribution in [2.24, 2.45) is 0 Å². The van der Waals surface area contributed by atoms with Crippen LogP contribution in [-0.4, -0.2) is 34.0 Å². The van der Waals surface area contributed by atoms with Crippen LogP contribution in [0.25, 0.3) is 0 Å². The summed E-state index contributed by atoms with van der Waals surface area (Å²) in [6, 6.07) is 0. The lowest BCUT2D eigenvalue weighted by Gasteiger charge is -2.10. The summed E-state index contributed by atoms with van der Waals surface area (Å²) < 4.78 is 5.05. The van der Waals surface area contributed by atoms with E-state index in [4.69, 9.17) is 9.52 Å². The van der Waals surface area contributed by atoms with Gasteiger partial charge in [-0.15, -0.1) is 0 Å². The first-order valence-corrected chi connectivity index (χ1v) is 4.66. The highest BCUT2D eigenvalue weighted by atomic mass is 16.4. The molecule has 0 saturated carbocycles. The zero-order chi connectivity index (χ0) is 9.97. The minimum Gasteiger partial charge on any atom is -0.474 e. The molecule has 5 nitrogen and oxygen atoms in total. The van der Waals surface area contributed by atoms with E-state index in [0.717, 1.165) is 13.1 Å². The average Bonchev–Trinajstić information content (AvgIpc) is 2.75. The summed E-state index contributed by atoms with van der Waals surface area (Å²) in [4.78, 5) is 16.4. The van der Waals surface area contributed by atoms with Crippen LogP contribution in [0.4, 0.5) is 0 Å². The van der Waals surface area contributed by atoms with Gasteiger partial charge in [0.05, 0.1) is 12.7 Å². The lowest BCUT2D eigenvalue weighted by Crippen LogP contribution is -2.17. The number of hydrogen-bond donors (Lipinski definition) is 1. The second-order valence-electron chi connectivity index (χ2n) is 3.42. The van der Waals surface area contributed by atoms with Crippen LogP contribution in [0, 0.1) is 0 Å². The van der Waals surface area contributed by atoms with Crippen LogP contribution in [0.2, 0.25) is 0 Å². The number of nitrogens with zero attached hydrogens (tertiary/aromatic N) is 2. The van der Waals surface area contributed by atoms with Gasteiger partial charge in [0.25, 0.3) is 0 Å². The zero-order valence-corrected chi connectivity index (χ0v) is 7.77. The lowest BCUT2D eigenvalue weighted by atomic mass is 10.4. The number of aromatic nitrogens is 1. The molecule has 14 heavy (non-hydrogen) atoms. The van der Waals surface area contributed by atoms with Crippen LogP contribution in [0.15, 0.2) is 10.6 Å². The Morgan fingerprint density at radius 2 is 2.29 bits per heavy atom. The third kappa shape index (κ3) is 1.93. The Hall–Kier alpha value is -1.36. The second kappa shape index (κ2) is 3.79. The highest BCUT2D eigenvalue weighted by Gasteiger charge is 2.16. The Labute approximate surface area is 81.3 Å². The molecule has 1 fully saturated rings. The van der Waals surface area contributed by atoms with Crippen molar-refractivity contribution in [3.8, 4) is 0 Å². The van der Waals surface area contributed by atoms with E-state index in [1.54, 1.807) is 0 Å². The average molecular weight is 196 g/mol. The molecule has 2 rings (SSSR count). The normalized spacial score (nSPS) is 17.4. The second-order valence-corrected chi connectivity index (χ2v) is 3.42. The molecule has 0 unspecified atom stereocenters. The number of hydrogen-bond acceptors (Lipinski definition) is 4. The van der Waals surface area contributed by atoms with E-state index in [1.165, 1.54) is 19.0 Å². The van der Waals surface area contributed by atoms with Crippen molar-refractivity contribution < 1.29 is 14.3 Å². The highest BCUT2D eigenvalue weighted by Crippen LogP contribution is 2.13. The van der Waals surface area contributed by atoms with Gasteiger partial charge in [0.2, 0.25) is 0 Å². The molecule has 1 aliphatic heterocycles. The summed E-state index contributed by atoms with van der Waals surface area (Å²) in [6.07, 6.45) is 3.90. The molecule has 0 aliphatic carbocycles. The molecule has 0 spiro atoms. The topological polar surface area (TPSA) is 66.6 Å². The van der Waals surface area contributed by atoms with Crippen molar-refractivity contribution >= 4 is 5.97 Å². The van der Waals surface area contributed by atoms with Gasteiger partial charge < -0.3 is 9.52 Å². The molecule has 0 radical (unpaired) electrons. The summed E-state index contributed by atoms with van der Waals surface area (Å²) in [7, 11) is 0. The number of carboxylic acids is 1. The summed E-state index contributed by atoms with van der Waals surface area (Å²) in [6.45, 7) is 2.78. The summed E-state index contributed by atoms with van der Waals surface area (Å²) in [5, 5.41) is 8.59. The first-order valence-electron chi connectivity index (χ1n) is 4.66. The molecule has 1 saturated heterocycles. The maximum absolute atomic E-state index is 10.5. The van der Waals surface area contributed by atoms with E-state index in [-0.39, 0.29) is 5.89 Å². The van der Waals surface area contributed by atoms with Gasteiger partial charge in [0, 0.05) is 0 Å². The largest absolute Gasteiger partial charge is 0.474 e. The maximum Gasteiger partial charge on any atom is 0.392 e. The van der Waals surface area contributed by atoms with Gasteiger partial charge >= 0.3 is 11.9 Å². The molecule has 1 aromatic heterocycles. The van der Waals surface area contributed by atoms with E-state index < -0.39 is 5.97 Å². The van der Waals surface area contributed by atoms with Crippen molar-refractivity contribution in [1.82, 2.24) is 9.88 Å². The number of rotatable bonds is 3. The molecule has 1 aliphatic rings. The molecule has 2 heterocycles. The van der Waals surface area contributed by atoms with E-state index in [2.05, 4.69) is 9.88 Å². The van der Waals surface area contributed by atoms with Crippen LogP contribution in [0.1, 0.15) is 29.3 Å². The Morgan fingerprint density at radius 3 is 2.86 bits per heavy atom. The smallest absolute Gasteiger partial charge is 0.392 e. The fourth-order valence-corrected chi connectivity index (χ4v) is 1.64. The van der Waals surface area contributed by atoms with Crippen LogP contribution in [0.3, 0.4) is 0 Å². The Balaban J connectivity index is 1.98. The molecule has 5 heteroatoms. The van der Waals surface area contributed by atoms with E-state index >= 15 is 0 Å². The number of oxazole rings is 1. The Kier molecular flexibility index (Phi) is 2.49. The predicted octanol–water partition coefficient (Wildman–Crippen LogP) is 0.969. The lowest BCUT2D eigenvalue weighted by molar-refractivity contribution is 0.0650. The van der Waals surface area contributed by atoms with Gasteiger partial charge in [-0.1, -0.05) is 0 Å². The van der Waals surface area contributed by atoms with Crippen LogP contribution in [0.5, 0.6) is 0 Å². The maximum atomic E-state index is 10.5. The zero-order valence-electron chi connectivity index (χ0n) is 7.77. The molecule has 76 valence electrons. The standard InChI is InChI=1S/C9H12N2O3/c12-9(13)8-10-5-7(14-8)6-11-3-1-2-4-11/h5H,1-4,6H2,(H,12,13). The fourth-order valence-electron chi connectivity index (χ4n) is 1.64. The molecule has 1 N–H and O–H groups in total. The molecule has 0 bridgehead atoms. The molecular formula is C9H12N2O3. The van der Waals surface area contributed by atoms with Crippen molar-refractivity contribution in [1.29, 1.82) is 0 Å². The molecular weight excluding hydrogens is 184 g/mol. The Bertz CT molecular complexity index is 329. The summed E-state index contributed by atoms with van der Waals surface area (Å²) >= 11 is 0. The molecule has 0 atom stereocenters. The van der Waals surface area contributed by atoms with Crippen LogP contribution in [-0.2, 0) is 6.54 Å². The van der Waals surface area contributed by atoms with Gasteiger partial charge in [-0.05, 0) is 25.9 Å². The van der Waals surface area contributed by atoms with Gasteiger partial charge in [0.1, 0.15) is 5.76 Å². The van der Waals surface area contributed by atoms with Crippen molar-refractivity contribution in [2.75, 3.05) is 13.1 Å². The minimum atomic E-state index is -1.11. The van der Waals surface area contributed by atoms with Gasteiger partial charge in [-0.25, -0.2) is 9.78 Å². The molecule has 0 aromatic carbocycles. The number of carboxylic acid groups (broad SMARTS) is 1. The molecule has 0 amide bonds. The highest BCUT2D eigenvalue weighted by molar-refractivity contribution is 5.81. The van der Waals surface area contributed by atoms with E-state index in [0.29, 0.717) is 12.3 Å². The number of aromatic carboxylic acids is 1. The molecule has 1 aromatic rings. The fraction of sp³-hybridized carbons (Fsp3) is 0.556. The minimum absolute atomic E-state index is 0.223. The van der Waals surface area contributed by atoms with Crippen LogP contribution >= 0.6 is 0 Å². The van der Waals surface area contributed by atoms with Crippen molar-refractivity contribution in [2.45, 2.75) is 19.4 Å². The first kappa shape index (κ1) is 9.21. The van der Waals surface area contributed by atoms with Crippen LogP contribution < -0.4 is 0 Å². The van der Waals surface area contributed by atoms with E-state index in [9.17, 15) is 4.79 Å². The predicted molar refractivity (Wildman–Crippen MR) is 48.0 cm³/mol. The van der Waals surface area contributed by atoms with Gasteiger partial charge in [0.15, 0.2) is 0 Å². The Morgan fingerprint density at radius 1 is 1.57 bits per heavy atom. The first-order chi connectivity index (χ1) is 6.75. The summed E-state index contributed by atoms with van der Waals surface area (Å²) in [5.74, 6) is -0.707. The van der Waals surface area contributed by atoms with Gasteiger partial charge in [-0.2, -0.15) is 0 Å². The monoisotopic (exact) mass is 196 g/mol. The third-order valence-electron chi connectivity index (χ3n) is 2.31.